The van der Waals surface area contributed by atoms with Crippen molar-refractivity contribution in [3.63, 3.8) is 0 Å². The summed E-state index contributed by atoms with van der Waals surface area (Å²) in [5, 5.41) is 0. The monoisotopic (exact) mass is 395 g/mol. The van der Waals surface area contributed by atoms with Gasteiger partial charge in [-0.3, -0.25) is 14.6 Å². The van der Waals surface area contributed by atoms with Gasteiger partial charge in [-0.1, -0.05) is 36.4 Å². The van der Waals surface area contributed by atoms with E-state index in [-0.39, 0.29) is 18.3 Å². The van der Waals surface area contributed by atoms with Gasteiger partial charge in [0.05, 0.1) is 13.2 Å². The fourth-order valence-electron chi connectivity index (χ4n) is 2.81. The van der Waals surface area contributed by atoms with Gasteiger partial charge >= 0.3 is 5.97 Å². The zero-order chi connectivity index (χ0) is 21.1. The molecule has 1 aromatic carbocycles. The molecule has 1 heterocycles. The van der Waals surface area contributed by atoms with Crippen molar-refractivity contribution in [2.75, 3.05) is 13.2 Å². The van der Waals surface area contributed by atoms with Crippen LogP contribution in [0.4, 0.5) is 0 Å². The Bertz CT molecular complexity index is 813. The Morgan fingerprint density at radius 1 is 1.10 bits per heavy atom. The molecule has 5 heteroatoms. The molecule has 0 spiro atoms. The molecule has 1 unspecified atom stereocenters. The minimum absolute atomic E-state index is 0.173. The van der Waals surface area contributed by atoms with Crippen molar-refractivity contribution in [2.24, 2.45) is 0 Å². The van der Waals surface area contributed by atoms with Gasteiger partial charge < -0.3 is 9.47 Å². The first-order chi connectivity index (χ1) is 13.9. The summed E-state index contributed by atoms with van der Waals surface area (Å²) in [7, 11) is 0. The van der Waals surface area contributed by atoms with Crippen LogP contribution in [-0.4, -0.2) is 36.1 Å². The highest BCUT2D eigenvalue weighted by molar-refractivity contribution is 5.94. The predicted molar refractivity (Wildman–Crippen MR) is 113 cm³/mol. The lowest BCUT2D eigenvalue weighted by atomic mass is 10.0. The number of aromatic nitrogens is 1. The van der Waals surface area contributed by atoms with Gasteiger partial charge in [0.25, 0.3) is 0 Å². The van der Waals surface area contributed by atoms with Crippen molar-refractivity contribution >= 4 is 17.8 Å². The van der Waals surface area contributed by atoms with Gasteiger partial charge in [-0.05, 0) is 55.5 Å². The van der Waals surface area contributed by atoms with Crippen molar-refractivity contribution in [3.05, 3.63) is 71.1 Å². The molecule has 0 amide bonds. The Kier molecular flexibility index (Phi) is 9.25. The van der Waals surface area contributed by atoms with Crippen LogP contribution in [0.25, 0.3) is 6.08 Å². The van der Waals surface area contributed by atoms with E-state index in [4.69, 9.17) is 9.47 Å². The highest BCUT2D eigenvalue weighted by atomic mass is 16.5. The molecule has 0 radical (unpaired) electrons. The Morgan fingerprint density at radius 3 is 2.52 bits per heavy atom. The van der Waals surface area contributed by atoms with Crippen LogP contribution in [0.2, 0.25) is 0 Å². The van der Waals surface area contributed by atoms with Crippen LogP contribution >= 0.6 is 0 Å². The van der Waals surface area contributed by atoms with E-state index in [1.165, 1.54) is 18.1 Å². The number of carbonyl (C=O) groups is 2. The molecule has 2 aromatic rings. The summed E-state index contributed by atoms with van der Waals surface area (Å²) in [6.45, 7) is 6.21. The van der Waals surface area contributed by atoms with Crippen LogP contribution < -0.4 is 0 Å². The zero-order valence-corrected chi connectivity index (χ0v) is 17.4. The molecule has 5 nitrogen and oxygen atoms in total. The molecule has 0 saturated heterocycles. The molecule has 154 valence electrons. The Hall–Kier alpha value is -2.79. The van der Waals surface area contributed by atoms with Gasteiger partial charge in [-0.15, -0.1) is 0 Å². The smallest absolute Gasteiger partial charge is 0.313 e. The number of hydrogen-bond acceptors (Lipinski definition) is 5. The highest BCUT2D eigenvalue weighted by Gasteiger charge is 2.11. The highest BCUT2D eigenvalue weighted by Crippen LogP contribution is 2.13. The summed E-state index contributed by atoms with van der Waals surface area (Å²) in [6, 6.07) is 12.5. The largest absolute Gasteiger partial charge is 0.462 e. The number of ether oxygens (including phenoxy) is 2. The second-order valence-electron chi connectivity index (χ2n) is 7.29. The average molecular weight is 395 g/mol. The predicted octanol–water partition coefficient (Wildman–Crippen LogP) is 4.39. The maximum atomic E-state index is 11.4. The van der Waals surface area contributed by atoms with E-state index in [1.54, 1.807) is 13.1 Å². The van der Waals surface area contributed by atoms with Crippen LogP contribution in [0.15, 0.2) is 54.4 Å². The fourth-order valence-corrected chi connectivity index (χ4v) is 2.81. The van der Waals surface area contributed by atoms with Crippen LogP contribution in [-0.2, 0) is 25.5 Å². The molecule has 0 aliphatic rings. The van der Waals surface area contributed by atoms with E-state index in [1.807, 2.05) is 19.2 Å². The second kappa shape index (κ2) is 11.9. The Balaban J connectivity index is 1.71. The van der Waals surface area contributed by atoms with Crippen LogP contribution in [0.1, 0.15) is 50.3 Å². The van der Waals surface area contributed by atoms with E-state index in [0.717, 1.165) is 17.6 Å². The Labute approximate surface area is 172 Å². The molecule has 0 aliphatic heterocycles. The quantitative estimate of drug-likeness (QED) is 0.321. The number of pyridine rings is 1. The summed E-state index contributed by atoms with van der Waals surface area (Å²) < 4.78 is 10.8. The van der Waals surface area contributed by atoms with E-state index in [9.17, 15) is 9.59 Å². The number of Topliss-reactive ketones (excluding diaryl/α,β-unsaturated/α-hetero) is 1. The first-order valence-electron chi connectivity index (χ1n) is 9.84. The third-order valence-corrected chi connectivity index (χ3v) is 4.25. The minimum atomic E-state index is -0.479. The average Bonchev–Trinajstić information content (AvgIpc) is 2.67. The number of carbonyl (C=O) groups excluding carboxylic acids is 2. The van der Waals surface area contributed by atoms with Crippen molar-refractivity contribution < 1.29 is 19.1 Å². The number of benzene rings is 1. The molecule has 0 N–H and O–H groups in total. The SMILES string of the molecule is CC(=O)CC(=O)OC(C)CCOC/C(C)=C/c1ccc(Cc2cccnc2)cc1. The molecule has 0 aliphatic carbocycles. The first-order valence-corrected chi connectivity index (χ1v) is 9.84. The van der Waals surface area contributed by atoms with Gasteiger partial charge in [0.2, 0.25) is 0 Å². The number of hydrogen-bond donors (Lipinski definition) is 0. The molecule has 1 atom stereocenters. The van der Waals surface area contributed by atoms with Gasteiger partial charge in [0, 0.05) is 18.8 Å². The van der Waals surface area contributed by atoms with Crippen LogP contribution in [0.5, 0.6) is 0 Å². The number of nitrogens with zero attached hydrogens (tertiary/aromatic N) is 1. The second-order valence-corrected chi connectivity index (χ2v) is 7.29. The standard InChI is InChI=1S/C24H29NO4/c1-18(17-28-12-10-20(3)29-24(27)14-19(2)26)13-21-6-8-22(9-7-21)15-23-5-4-11-25-16-23/h4-9,11,13,16,20H,10,12,14-15,17H2,1-3H3/b18-13+. The lowest BCUT2D eigenvalue weighted by molar-refractivity contribution is -0.150. The molecular weight excluding hydrogens is 366 g/mol. The summed E-state index contributed by atoms with van der Waals surface area (Å²) in [5.74, 6) is -0.669. The van der Waals surface area contributed by atoms with Gasteiger partial charge in [-0.25, -0.2) is 0 Å². The normalized spacial score (nSPS) is 12.4. The van der Waals surface area contributed by atoms with E-state index in [0.29, 0.717) is 19.6 Å². The van der Waals surface area contributed by atoms with Crippen LogP contribution in [0.3, 0.4) is 0 Å². The van der Waals surface area contributed by atoms with E-state index in [2.05, 4.69) is 41.4 Å². The topological polar surface area (TPSA) is 65.5 Å². The third-order valence-electron chi connectivity index (χ3n) is 4.25. The molecule has 1 aromatic heterocycles. The molecule has 2 rings (SSSR count). The zero-order valence-electron chi connectivity index (χ0n) is 17.4. The van der Waals surface area contributed by atoms with Crippen molar-refractivity contribution in [3.8, 4) is 0 Å². The number of esters is 1. The maximum Gasteiger partial charge on any atom is 0.313 e. The first kappa shape index (κ1) is 22.5. The van der Waals surface area contributed by atoms with Gasteiger partial charge in [0.15, 0.2) is 0 Å². The van der Waals surface area contributed by atoms with E-state index < -0.39 is 5.97 Å². The molecular formula is C24H29NO4. The third kappa shape index (κ3) is 9.30. The summed E-state index contributed by atoms with van der Waals surface area (Å²) in [4.78, 5) is 26.5. The van der Waals surface area contributed by atoms with Crippen molar-refractivity contribution in [2.45, 2.75) is 46.1 Å². The molecule has 29 heavy (non-hydrogen) atoms. The lowest BCUT2D eigenvalue weighted by Gasteiger charge is -2.13. The number of ketones is 1. The molecule has 0 saturated carbocycles. The molecule has 0 bridgehead atoms. The van der Waals surface area contributed by atoms with Crippen molar-refractivity contribution in [1.29, 1.82) is 0 Å². The summed E-state index contributed by atoms with van der Waals surface area (Å²) in [5.41, 5.74) is 4.69. The Morgan fingerprint density at radius 2 is 1.86 bits per heavy atom. The minimum Gasteiger partial charge on any atom is -0.462 e. The van der Waals surface area contributed by atoms with Crippen molar-refractivity contribution in [1.82, 2.24) is 4.98 Å². The van der Waals surface area contributed by atoms with Gasteiger partial charge in [-0.2, -0.15) is 0 Å². The van der Waals surface area contributed by atoms with E-state index >= 15 is 0 Å². The summed E-state index contributed by atoms with van der Waals surface area (Å²) >= 11 is 0. The lowest BCUT2D eigenvalue weighted by Crippen LogP contribution is -2.18. The molecule has 0 fully saturated rings. The number of rotatable bonds is 11. The fraction of sp³-hybridized carbons (Fsp3) is 0.375. The van der Waals surface area contributed by atoms with Gasteiger partial charge in [0.1, 0.15) is 18.3 Å². The maximum absolute atomic E-state index is 11.4. The summed E-state index contributed by atoms with van der Waals surface area (Å²) in [6.07, 6.45) is 6.80. The van der Waals surface area contributed by atoms with Crippen LogP contribution in [0, 0.1) is 0 Å².